The van der Waals surface area contributed by atoms with Crippen molar-refractivity contribution in [2.45, 2.75) is 25.0 Å². The normalized spacial score (nSPS) is 39.0. The van der Waals surface area contributed by atoms with Crippen molar-refractivity contribution >= 4 is 11.9 Å². The summed E-state index contributed by atoms with van der Waals surface area (Å²) in [5, 5.41) is 11.3. The first-order valence-electron chi connectivity index (χ1n) is 7.36. The first-order valence-corrected chi connectivity index (χ1v) is 7.36. The van der Waals surface area contributed by atoms with Crippen LogP contribution >= 0.6 is 0 Å². The summed E-state index contributed by atoms with van der Waals surface area (Å²) in [6, 6.07) is 0. The van der Waals surface area contributed by atoms with Crippen molar-refractivity contribution in [3.05, 3.63) is 0 Å². The van der Waals surface area contributed by atoms with Gasteiger partial charge in [-0.05, 0) is 12.8 Å². The number of carboxylic acids is 1. The Morgan fingerprint density at radius 1 is 1.10 bits per heavy atom. The number of hydrogen-bond donors (Lipinski definition) is 0. The molecule has 0 radical (unpaired) electrons. The number of hydrogen-bond acceptors (Lipinski definition) is 4. The monoisotopic (exact) mass is 282 g/mol. The van der Waals surface area contributed by atoms with E-state index >= 15 is 0 Å². The summed E-state index contributed by atoms with van der Waals surface area (Å²) in [5.41, 5.74) is 0. The SMILES string of the molecule is C[N+]1(C)CCN(C(=O)C2C(C(=O)[O-])[C@H]3CC[C@@H]2O3)CC1. The van der Waals surface area contributed by atoms with Gasteiger partial charge in [0.15, 0.2) is 0 Å². The van der Waals surface area contributed by atoms with E-state index in [1.54, 1.807) is 0 Å². The molecule has 2 bridgehead atoms. The zero-order chi connectivity index (χ0) is 14.5. The second-order valence-electron chi connectivity index (χ2n) is 6.87. The molecule has 3 aliphatic heterocycles. The van der Waals surface area contributed by atoms with Crippen molar-refractivity contribution in [3.8, 4) is 0 Å². The number of quaternary nitrogens is 1. The van der Waals surface area contributed by atoms with Gasteiger partial charge >= 0.3 is 0 Å². The Hall–Kier alpha value is -1.14. The fourth-order valence-corrected chi connectivity index (χ4v) is 3.73. The molecular formula is C14H22N2O4. The van der Waals surface area contributed by atoms with E-state index in [1.807, 2.05) is 4.90 Å². The molecule has 20 heavy (non-hydrogen) atoms. The number of likely N-dealkylation sites (N-methyl/N-ethyl adjacent to an activating group) is 1. The quantitative estimate of drug-likeness (QED) is 0.575. The van der Waals surface area contributed by atoms with Gasteiger partial charge in [0.05, 0.1) is 58.4 Å². The lowest BCUT2D eigenvalue weighted by Crippen LogP contribution is -2.58. The zero-order valence-electron chi connectivity index (χ0n) is 12.1. The van der Waals surface area contributed by atoms with Crippen molar-refractivity contribution in [1.82, 2.24) is 4.90 Å². The van der Waals surface area contributed by atoms with Crippen LogP contribution in [0.25, 0.3) is 0 Å². The molecule has 0 saturated carbocycles. The van der Waals surface area contributed by atoms with Crippen LogP contribution in [0.3, 0.4) is 0 Å². The Bertz CT molecular complexity index is 427. The minimum Gasteiger partial charge on any atom is -0.550 e. The van der Waals surface area contributed by atoms with Gasteiger partial charge in [0.1, 0.15) is 0 Å². The molecule has 0 aromatic rings. The van der Waals surface area contributed by atoms with Gasteiger partial charge in [-0.2, -0.15) is 0 Å². The Morgan fingerprint density at radius 2 is 1.65 bits per heavy atom. The van der Waals surface area contributed by atoms with Crippen LogP contribution in [0.15, 0.2) is 0 Å². The van der Waals surface area contributed by atoms with E-state index in [0.717, 1.165) is 30.4 Å². The van der Waals surface area contributed by atoms with E-state index < -0.39 is 17.8 Å². The molecule has 3 saturated heterocycles. The molecule has 0 aromatic carbocycles. The van der Waals surface area contributed by atoms with Gasteiger partial charge in [-0.1, -0.05) is 0 Å². The summed E-state index contributed by atoms with van der Waals surface area (Å²) < 4.78 is 6.54. The summed E-state index contributed by atoms with van der Waals surface area (Å²) in [6.45, 7) is 3.20. The number of rotatable bonds is 2. The highest BCUT2D eigenvalue weighted by molar-refractivity contribution is 5.86. The van der Waals surface area contributed by atoms with E-state index in [0.29, 0.717) is 13.1 Å². The molecule has 3 fully saturated rings. The molecule has 0 N–H and O–H groups in total. The first kappa shape index (κ1) is 13.8. The maximum absolute atomic E-state index is 12.7. The standard InChI is InChI=1S/C14H22N2O4/c1-16(2)7-5-15(6-8-16)13(17)11-9-3-4-10(20-9)12(11)14(18)19/h9-12H,3-8H2,1-2H3/t9-,10+,11?,12?/m0/s1. The maximum Gasteiger partial charge on any atom is 0.229 e. The van der Waals surface area contributed by atoms with Gasteiger partial charge in [0, 0.05) is 11.9 Å². The lowest BCUT2D eigenvalue weighted by Gasteiger charge is -2.41. The third-order valence-electron chi connectivity index (χ3n) is 5.09. The van der Waals surface area contributed by atoms with Gasteiger partial charge in [0.25, 0.3) is 0 Å². The molecular weight excluding hydrogens is 260 g/mol. The number of piperazine rings is 1. The summed E-state index contributed by atoms with van der Waals surface area (Å²) in [4.78, 5) is 25.8. The predicted octanol–water partition coefficient (Wildman–Crippen LogP) is -1.55. The molecule has 1 amide bonds. The van der Waals surface area contributed by atoms with Crippen molar-refractivity contribution in [2.75, 3.05) is 40.3 Å². The summed E-state index contributed by atoms with van der Waals surface area (Å²) in [7, 11) is 4.29. The van der Waals surface area contributed by atoms with Crippen LogP contribution in [-0.4, -0.2) is 73.7 Å². The van der Waals surface area contributed by atoms with E-state index in [2.05, 4.69) is 14.1 Å². The highest BCUT2D eigenvalue weighted by Crippen LogP contribution is 2.44. The van der Waals surface area contributed by atoms with Gasteiger partial charge in [-0.3, -0.25) is 4.79 Å². The van der Waals surface area contributed by atoms with Crippen molar-refractivity contribution in [1.29, 1.82) is 0 Å². The van der Waals surface area contributed by atoms with Crippen LogP contribution in [-0.2, 0) is 14.3 Å². The third kappa shape index (κ3) is 2.20. The van der Waals surface area contributed by atoms with Crippen LogP contribution in [0.4, 0.5) is 0 Å². The Labute approximate surface area is 118 Å². The average molecular weight is 282 g/mol. The lowest BCUT2D eigenvalue weighted by atomic mass is 9.78. The summed E-state index contributed by atoms with van der Waals surface area (Å²) >= 11 is 0. The fraction of sp³-hybridized carbons (Fsp3) is 0.857. The topological polar surface area (TPSA) is 69.7 Å². The number of fused-ring (bicyclic) bond motifs is 2. The van der Waals surface area contributed by atoms with E-state index in [-0.39, 0.29) is 18.1 Å². The van der Waals surface area contributed by atoms with Gasteiger partial charge in [-0.15, -0.1) is 0 Å². The molecule has 6 heteroatoms. The highest BCUT2D eigenvalue weighted by Gasteiger charge is 2.54. The molecule has 3 heterocycles. The van der Waals surface area contributed by atoms with Crippen LogP contribution in [0, 0.1) is 11.8 Å². The van der Waals surface area contributed by atoms with Crippen molar-refractivity contribution < 1.29 is 23.9 Å². The predicted molar refractivity (Wildman–Crippen MR) is 68.3 cm³/mol. The van der Waals surface area contributed by atoms with E-state index in [1.165, 1.54) is 0 Å². The molecule has 0 aromatic heterocycles. The number of carboxylic acid groups (broad SMARTS) is 1. The minimum absolute atomic E-state index is 0.0499. The van der Waals surface area contributed by atoms with E-state index in [4.69, 9.17) is 4.74 Å². The van der Waals surface area contributed by atoms with Gasteiger partial charge < -0.3 is 24.0 Å². The summed E-state index contributed by atoms with van der Waals surface area (Å²) in [5.74, 6) is -2.48. The van der Waals surface area contributed by atoms with Crippen LogP contribution in [0.1, 0.15) is 12.8 Å². The molecule has 112 valence electrons. The number of carbonyl (C=O) groups excluding carboxylic acids is 2. The first-order chi connectivity index (χ1) is 9.39. The number of ether oxygens (including phenoxy) is 1. The second-order valence-corrected chi connectivity index (χ2v) is 6.87. The Kier molecular flexibility index (Phi) is 3.25. The van der Waals surface area contributed by atoms with Gasteiger partial charge in [0.2, 0.25) is 5.91 Å². The molecule has 4 atom stereocenters. The number of nitrogens with zero attached hydrogens (tertiary/aromatic N) is 2. The molecule has 0 aliphatic carbocycles. The zero-order valence-corrected chi connectivity index (χ0v) is 12.1. The molecule has 6 nitrogen and oxygen atoms in total. The largest absolute Gasteiger partial charge is 0.550 e. The fourth-order valence-electron chi connectivity index (χ4n) is 3.73. The lowest BCUT2D eigenvalue weighted by molar-refractivity contribution is -0.894. The van der Waals surface area contributed by atoms with Crippen LogP contribution < -0.4 is 5.11 Å². The van der Waals surface area contributed by atoms with Crippen molar-refractivity contribution in [2.24, 2.45) is 11.8 Å². The van der Waals surface area contributed by atoms with Gasteiger partial charge in [-0.25, -0.2) is 0 Å². The average Bonchev–Trinajstić information content (AvgIpc) is 2.97. The smallest absolute Gasteiger partial charge is 0.229 e. The minimum atomic E-state index is -1.14. The Balaban J connectivity index is 1.72. The van der Waals surface area contributed by atoms with Crippen molar-refractivity contribution in [3.63, 3.8) is 0 Å². The maximum atomic E-state index is 12.7. The molecule has 0 spiro atoms. The third-order valence-corrected chi connectivity index (χ3v) is 5.09. The number of carbonyl (C=O) groups is 2. The summed E-state index contributed by atoms with van der Waals surface area (Å²) in [6.07, 6.45) is 0.979. The number of aliphatic carboxylic acids is 1. The second kappa shape index (κ2) is 4.70. The molecule has 2 unspecified atom stereocenters. The highest BCUT2D eigenvalue weighted by atomic mass is 16.5. The molecule has 3 aliphatic rings. The van der Waals surface area contributed by atoms with Crippen LogP contribution in [0.2, 0.25) is 0 Å². The van der Waals surface area contributed by atoms with Crippen LogP contribution in [0.5, 0.6) is 0 Å². The Morgan fingerprint density at radius 3 is 2.20 bits per heavy atom. The number of amides is 1. The van der Waals surface area contributed by atoms with E-state index in [9.17, 15) is 14.7 Å². The molecule has 3 rings (SSSR count).